The van der Waals surface area contributed by atoms with Gasteiger partial charge in [0.15, 0.2) is 6.61 Å². The van der Waals surface area contributed by atoms with Crippen LogP contribution in [0.1, 0.15) is 24.9 Å². The highest BCUT2D eigenvalue weighted by atomic mass is 79.9. The van der Waals surface area contributed by atoms with Crippen molar-refractivity contribution in [2.75, 3.05) is 26.9 Å². The third-order valence-corrected chi connectivity index (χ3v) is 3.16. The lowest BCUT2D eigenvalue weighted by Gasteiger charge is -2.14. The van der Waals surface area contributed by atoms with Crippen molar-refractivity contribution in [2.24, 2.45) is 5.73 Å². The third kappa shape index (κ3) is 5.90. The van der Waals surface area contributed by atoms with Crippen molar-refractivity contribution < 1.29 is 14.3 Å². The number of rotatable bonds is 8. The van der Waals surface area contributed by atoms with Crippen LogP contribution in [0.3, 0.4) is 0 Å². The van der Waals surface area contributed by atoms with E-state index in [-0.39, 0.29) is 18.6 Å². The Morgan fingerprint density at radius 1 is 1.50 bits per heavy atom. The molecule has 20 heavy (non-hydrogen) atoms. The zero-order valence-electron chi connectivity index (χ0n) is 11.8. The topological polar surface area (TPSA) is 73.6 Å². The predicted octanol–water partition coefficient (Wildman–Crippen LogP) is 2.00. The maximum atomic E-state index is 11.6. The molecule has 1 unspecified atom stereocenters. The van der Waals surface area contributed by atoms with Gasteiger partial charge in [0, 0.05) is 36.3 Å². The molecule has 0 aliphatic rings. The Hall–Kier alpha value is -1.11. The van der Waals surface area contributed by atoms with Gasteiger partial charge >= 0.3 is 0 Å². The number of methoxy groups -OCH3 is 1. The Kier molecular flexibility index (Phi) is 7.58. The van der Waals surface area contributed by atoms with Crippen LogP contribution in [0.15, 0.2) is 22.7 Å². The van der Waals surface area contributed by atoms with Crippen LogP contribution < -0.4 is 15.8 Å². The molecule has 0 saturated carbocycles. The first-order valence-electron chi connectivity index (χ1n) is 6.48. The molecule has 112 valence electrons. The number of ether oxygens (including phenoxy) is 2. The van der Waals surface area contributed by atoms with Gasteiger partial charge < -0.3 is 20.5 Å². The van der Waals surface area contributed by atoms with Gasteiger partial charge in [0.25, 0.3) is 5.91 Å². The molecular weight excluding hydrogens is 324 g/mol. The number of nitrogens with one attached hydrogen (secondary N) is 1. The lowest BCUT2D eigenvalue weighted by Crippen LogP contribution is -2.30. The number of hydrogen-bond acceptors (Lipinski definition) is 4. The summed E-state index contributed by atoms with van der Waals surface area (Å²) in [4.78, 5) is 11.6. The van der Waals surface area contributed by atoms with Crippen LogP contribution in [0.2, 0.25) is 0 Å². The van der Waals surface area contributed by atoms with Crippen molar-refractivity contribution in [3.8, 4) is 5.75 Å². The molecule has 1 atom stereocenters. The monoisotopic (exact) mass is 344 g/mol. The fourth-order valence-corrected chi connectivity index (χ4v) is 2.02. The van der Waals surface area contributed by atoms with Gasteiger partial charge in [0.1, 0.15) is 5.75 Å². The first-order chi connectivity index (χ1) is 9.54. The van der Waals surface area contributed by atoms with Crippen molar-refractivity contribution in [1.82, 2.24) is 5.32 Å². The van der Waals surface area contributed by atoms with Crippen LogP contribution in [-0.2, 0) is 9.53 Å². The first-order valence-corrected chi connectivity index (χ1v) is 7.27. The van der Waals surface area contributed by atoms with E-state index in [9.17, 15) is 4.79 Å². The molecule has 0 heterocycles. The quantitative estimate of drug-likeness (QED) is 0.707. The van der Waals surface area contributed by atoms with Gasteiger partial charge in [0.2, 0.25) is 0 Å². The molecule has 1 amide bonds. The summed E-state index contributed by atoms with van der Waals surface area (Å²) in [6, 6.07) is 5.40. The van der Waals surface area contributed by atoms with Gasteiger partial charge in [-0.05, 0) is 31.5 Å². The van der Waals surface area contributed by atoms with Crippen LogP contribution >= 0.6 is 15.9 Å². The van der Waals surface area contributed by atoms with Gasteiger partial charge in [-0.1, -0.05) is 15.9 Å². The highest BCUT2D eigenvalue weighted by Crippen LogP contribution is 2.27. The molecule has 1 aromatic rings. The standard InChI is InChI=1S/C14H21BrN2O3/c1-10(16)12-8-11(15)4-5-13(12)20-9-14(18)17-6-3-7-19-2/h4-5,8,10H,3,6-7,9,16H2,1-2H3,(H,17,18). The molecular formula is C14H21BrN2O3. The van der Waals surface area contributed by atoms with E-state index in [0.29, 0.717) is 18.9 Å². The summed E-state index contributed by atoms with van der Waals surface area (Å²) in [7, 11) is 1.63. The smallest absolute Gasteiger partial charge is 0.257 e. The summed E-state index contributed by atoms with van der Waals surface area (Å²) in [5, 5.41) is 2.76. The molecule has 1 rings (SSSR count). The van der Waals surface area contributed by atoms with Crippen molar-refractivity contribution in [1.29, 1.82) is 0 Å². The van der Waals surface area contributed by atoms with Crippen LogP contribution in [-0.4, -0.2) is 32.8 Å². The molecule has 1 aromatic carbocycles. The van der Waals surface area contributed by atoms with Crippen molar-refractivity contribution >= 4 is 21.8 Å². The second kappa shape index (κ2) is 8.94. The van der Waals surface area contributed by atoms with Crippen LogP contribution in [0.25, 0.3) is 0 Å². The van der Waals surface area contributed by atoms with Gasteiger partial charge in [-0.3, -0.25) is 4.79 Å². The highest BCUT2D eigenvalue weighted by Gasteiger charge is 2.10. The van der Waals surface area contributed by atoms with Gasteiger partial charge in [-0.25, -0.2) is 0 Å². The number of nitrogens with two attached hydrogens (primary N) is 1. The van der Waals surface area contributed by atoms with Gasteiger partial charge in [-0.15, -0.1) is 0 Å². The number of benzene rings is 1. The van der Waals surface area contributed by atoms with E-state index >= 15 is 0 Å². The molecule has 0 bridgehead atoms. The van der Waals surface area contributed by atoms with Crippen molar-refractivity contribution in [2.45, 2.75) is 19.4 Å². The summed E-state index contributed by atoms with van der Waals surface area (Å²) in [6.07, 6.45) is 0.783. The molecule has 0 saturated heterocycles. The number of carbonyl (C=O) groups is 1. The largest absolute Gasteiger partial charge is 0.483 e. The molecule has 0 aliphatic carbocycles. The molecule has 0 aliphatic heterocycles. The summed E-state index contributed by atoms with van der Waals surface area (Å²) >= 11 is 3.39. The number of halogens is 1. The van der Waals surface area contributed by atoms with E-state index < -0.39 is 0 Å². The minimum Gasteiger partial charge on any atom is -0.483 e. The Morgan fingerprint density at radius 2 is 2.25 bits per heavy atom. The van der Waals surface area contributed by atoms with Crippen LogP contribution in [0, 0.1) is 0 Å². The molecule has 0 spiro atoms. The summed E-state index contributed by atoms with van der Waals surface area (Å²) in [6.45, 7) is 3.06. The molecule has 5 nitrogen and oxygen atoms in total. The first kappa shape index (κ1) is 16.9. The summed E-state index contributed by atoms with van der Waals surface area (Å²) in [5.41, 5.74) is 6.76. The van der Waals surface area contributed by atoms with Crippen LogP contribution in [0.5, 0.6) is 5.75 Å². The van der Waals surface area contributed by atoms with E-state index in [1.165, 1.54) is 0 Å². The van der Waals surface area contributed by atoms with E-state index in [1.54, 1.807) is 13.2 Å². The number of amides is 1. The lowest BCUT2D eigenvalue weighted by atomic mass is 10.1. The molecule has 0 radical (unpaired) electrons. The molecule has 0 fully saturated rings. The normalized spacial score (nSPS) is 12.0. The minimum absolute atomic E-state index is 0.0195. The van der Waals surface area contributed by atoms with E-state index in [0.717, 1.165) is 16.5 Å². The highest BCUT2D eigenvalue weighted by molar-refractivity contribution is 9.10. The summed E-state index contributed by atoms with van der Waals surface area (Å²) < 4.78 is 11.4. The molecule has 3 N–H and O–H groups in total. The Bertz CT molecular complexity index is 438. The Labute approximate surface area is 127 Å². The zero-order chi connectivity index (χ0) is 15.0. The fourth-order valence-electron chi connectivity index (χ4n) is 1.65. The fraction of sp³-hybridized carbons (Fsp3) is 0.500. The Morgan fingerprint density at radius 3 is 2.90 bits per heavy atom. The average Bonchev–Trinajstić information content (AvgIpc) is 2.42. The number of hydrogen-bond donors (Lipinski definition) is 2. The van der Waals surface area contributed by atoms with Gasteiger partial charge in [0.05, 0.1) is 0 Å². The zero-order valence-corrected chi connectivity index (χ0v) is 13.4. The van der Waals surface area contributed by atoms with E-state index in [2.05, 4.69) is 21.2 Å². The van der Waals surface area contributed by atoms with Gasteiger partial charge in [-0.2, -0.15) is 0 Å². The van der Waals surface area contributed by atoms with Crippen LogP contribution in [0.4, 0.5) is 0 Å². The average molecular weight is 345 g/mol. The van der Waals surface area contributed by atoms with E-state index in [1.807, 2.05) is 19.1 Å². The third-order valence-electron chi connectivity index (χ3n) is 2.67. The minimum atomic E-state index is -0.160. The maximum Gasteiger partial charge on any atom is 0.257 e. The predicted molar refractivity (Wildman–Crippen MR) is 81.7 cm³/mol. The van der Waals surface area contributed by atoms with Crippen molar-refractivity contribution in [3.63, 3.8) is 0 Å². The molecule has 6 heteroatoms. The summed E-state index contributed by atoms with van der Waals surface area (Å²) in [5.74, 6) is 0.481. The van der Waals surface area contributed by atoms with Crippen molar-refractivity contribution in [3.05, 3.63) is 28.2 Å². The second-order valence-electron chi connectivity index (χ2n) is 4.46. The number of carbonyl (C=O) groups excluding carboxylic acids is 1. The Balaban J connectivity index is 2.47. The second-order valence-corrected chi connectivity index (χ2v) is 5.37. The lowest BCUT2D eigenvalue weighted by molar-refractivity contribution is -0.123. The molecule has 0 aromatic heterocycles. The van der Waals surface area contributed by atoms with E-state index in [4.69, 9.17) is 15.2 Å². The SMILES string of the molecule is COCCCNC(=O)COc1ccc(Br)cc1C(C)N. The maximum absolute atomic E-state index is 11.6.